The van der Waals surface area contributed by atoms with Crippen LogP contribution in [0.5, 0.6) is 0 Å². The molecule has 1 heterocycles. The Morgan fingerprint density at radius 1 is 1.10 bits per heavy atom. The molecule has 1 aromatic heterocycles. The van der Waals surface area contributed by atoms with Crippen LogP contribution in [0.4, 0.5) is 0 Å². The van der Waals surface area contributed by atoms with Gasteiger partial charge in [0.05, 0.1) is 0 Å². The van der Waals surface area contributed by atoms with Crippen molar-refractivity contribution in [2.75, 3.05) is 0 Å². The molecule has 0 bridgehead atoms. The lowest BCUT2D eigenvalue weighted by Crippen LogP contribution is -2.01. The molecule has 3 heteroatoms. The lowest BCUT2D eigenvalue weighted by atomic mass is 10.0. The molecule has 0 radical (unpaired) electrons. The Hall–Kier alpha value is -1.67. The maximum atomic E-state index is 12.0. The zero-order chi connectivity index (χ0) is 15.1. The third-order valence-corrected chi connectivity index (χ3v) is 3.77. The van der Waals surface area contributed by atoms with Gasteiger partial charge >= 0.3 is 0 Å². The highest BCUT2D eigenvalue weighted by molar-refractivity contribution is 6.17. The van der Waals surface area contributed by atoms with Gasteiger partial charge in [-0.2, -0.15) is 0 Å². The van der Waals surface area contributed by atoms with E-state index in [0.29, 0.717) is 12.3 Å². The lowest BCUT2D eigenvalue weighted by molar-refractivity contribution is 0.0979. The van der Waals surface area contributed by atoms with E-state index in [2.05, 4.69) is 24.0 Å². The van der Waals surface area contributed by atoms with Gasteiger partial charge in [-0.25, -0.2) is 0 Å². The van der Waals surface area contributed by atoms with Crippen LogP contribution in [-0.4, -0.2) is 10.8 Å². The molecule has 0 amide bonds. The van der Waals surface area contributed by atoms with Gasteiger partial charge in [-0.3, -0.25) is 9.78 Å². The van der Waals surface area contributed by atoms with Crippen molar-refractivity contribution in [3.63, 3.8) is 0 Å². The molecule has 1 aromatic carbocycles. The first-order chi connectivity index (χ1) is 10.2. The van der Waals surface area contributed by atoms with E-state index in [1.165, 1.54) is 5.56 Å². The summed E-state index contributed by atoms with van der Waals surface area (Å²) >= 11 is 5.79. The predicted molar refractivity (Wildman–Crippen MR) is 86.9 cm³/mol. The Labute approximate surface area is 131 Å². The van der Waals surface area contributed by atoms with Crippen LogP contribution < -0.4 is 0 Å². The minimum Gasteiger partial charge on any atom is -0.294 e. The number of rotatable bonds is 7. The third-order valence-electron chi connectivity index (χ3n) is 3.46. The van der Waals surface area contributed by atoms with Crippen LogP contribution >= 0.6 is 11.6 Å². The van der Waals surface area contributed by atoms with E-state index in [9.17, 15) is 4.79 Å². The van der Waals surface area contributed by atoms with Gasteiger partial charge in [0, 0.05) is 30.3 Å². The van der Waals surface area contributed by atoms with Crippen LogP contribution in [-0.2, 0) is 12.3 Å². The van der Waals surface area contributed by atoms with Gasteiger partial charge in [0.15, 0.2) is 5.78 Å². The van der Waals surface area contributed by atoms with Crippen molar-refractivity contribution in [2.45, 2.75) is 38.5 Å². The van der Waals surface area contributed by atoms with Crippen LogP contribution in [0.2, 0.25) is 0 Å². The first-order valence-corrected chi connectivity index (χ1v) is 7.87. The van der Waals surface area contributed by atoms with Gasteiger partial charge in [0.25, 0.3) is 0 Å². The standard InChI is InChI=1S/C18H20ClNO/c1-2-3-4-18(21)17-10-16(12-20-13-17)9-14-5-7-15(11-19)8-6-14/h5-8,10,12-13H,2-4,9,11H2,1H3. The summed E-state index contributed by atoms with van der Waals surface area (Å²) in [5, 5.41) is 0. The summed E-state index contributed by atoms with van der Waals surface area (Å²) in [6.45, 7) is 2.09. The van der Waals surface area contributed by atoms with Crippen molar-refractivity contribution in [3.8, 4) is 0 Å². The maximum absolute atomic E-state index is 12.0. The normalized spacial score (nSPS) is 10.6. The maximum Gasteiger partial charge on any atom is 0.164 e. The van der Waals surface area contributed by atoms with E-state index < -0.39 is 0 Å². The highest BCUT2D eigenvalue weighted by Crippen LogP contribution is 2.14. The van der Waals surface area contributed by atoms with Crippen LogP contribution in [0.25, 0.3) is 0 Å². The summed E-state index contributed by atoms with van der Waals surface area (Å²) in [5.41, 5.74) is 4.10. The van der Waals surface area contributed by atoms with Crippen LogP contribution in [0, 0.1) is 0 Å². The number of nitrogens with zero attached hydrogens (tertiary/aromatic N) is 1. The Balaban J connectivity index is 2.07. The number of carbonyl (C=O) groups excluding carboxylic acids is 1. The minimum absolute atomic E-state index is 0.184. The Bertz CT molecular complexity index is 592. The zero-order valence-electron chi connectivity index (χ0n) is 12.3. The average Bonchev–Trinajstić information content (AvgIpc) is 2.53. The molecule has 21 heavy (non-hydrogen) atoms. The number of Topliss-reactive ketones (excluding diaryl/α,β-unsaturated/α-hetero) is 1. The number of hydrogen-bond donors (Lipinski definition) is 0. The molecule has 0 saturated heterocycles. The van der Waals surface area contributed by atoms with E-state index in [4.69, 9.17) is 11.6 Å². The molecule has 0 N–H and O–H groups in total. The first-order valence-electron chi connectivity index (χ1n) is 7.34. The molecule has 0 aliphatic rings. The predicted octanol–water partition coefficient (Wildman–Crippen LogP) is 4.78. The molecule has 0 spiro atoms. The van der Waals surface area contributed by atoms with Crippen LogP contribution in [0.3, 0.4) is 0 Å². The highest BCUT2D eigenvalue weighted by atomic mass is 35.5. The summed E-state index contributed by atoms with van der Waals surface area (Å²) < 4.78 is 0. The highest BCUT2D eigenvalue weighted by Gasteiger charge is 2.07. The Kier molecular flexibility index (Phi) is 5.94. The number of ketones is 1. The third kappa shape index (κ3) is 4.68. The van der Waals surface area contributed by atoms with Gasteiger partial charge in [0.1, 0.15) is 0 Å². The van der Waals surface area contributed by atoms with Crippen molar-refractivity contribution < 1.29 is 4.79 Å². The molecule has 0 saturated carbocycles. The van der Waals surface area contributed by atoms with Crippen molar-refractivity contribution in [1.29, 1.82) is 0 Å². The monoisotopic (exact) mass is 301 g/mol. The summed E-state index contributed by atoms with van der Waals surface area (Å²) in [4.78, 5) is 16.2. The number of unbranched alkanes of at least 4 members (excludes halogenated alkanes) is 1. The van der Waals surface area contributed by atoms with Crippen molar-refractivity contribution in [2.24, 2.45) is 0 Å². The van der Waals surface area contributed by atoms with Gasteiger partial charge < -0.3 is 0 Å². The summed E-state index contributed by atoms with van der Waals surface area (Å²) in [6.07, 6.45) is 6.84. The zero-order valence-corrected chi connectivity index (χ0v) is 13.1. The molecule has 110 valence electrons. The lowest BCUT2D eigenvalue weighted by Gasteiger charge is -2.05. The Morgan fingerprint density at radius 2 is 1.81 bits per heavy atom. The molecular weight excluding hydrogens is 282 g/mol. The fourth-order valence-electron chi connectivity index (χ4n) is 2.20. The summed E-state index contributed by atoms with van der Waals surface area (Å²) in [6, 6.07) is 10.2. The molecule has 0 aliphatic carbocycles. The number of hydrogen-bond acceptors (Lipinski definition) is 2. The fourth-order valence-corrected chi connectivity index (χ4v) is 2.38. The second-order valence-corrected chi connectivity index (χ2v) is 5.50. The molecule has 0 atom stereocenters. The van der Waals surface area contributed by atoms with Crippen molar-refractivity contribution in [3.05, 3.63) is 65.0 Å². The number of carbonyl (C=O) groups is 1. The topological polar surface area (TPSA) is 30.0 Å². The quantitative estimate of drug-likeness (QED) is 0.544. The molecule has 2 nitrogen and oxygen atoms in total. The van der Waals surface area contributed by atoms with Crippen LogP contribution in [0.1, 0.15) is 53.2 Å². The van der Waals surface area contributed by atoms with E-state index in [-0.39, 0.29) is 5.78 Å². The Morgan fingerprint density at radius 3 is 2.48 bits per heavy atom. The number of aromatic nitrogens is 1. The SMILES string of the molecule is CCCCC(=O)c1cncc(Cc2ccc(CCl)cc2)c1. The van der Waals surface area contributed by atoms with Gasteiger partial charge in [0.2, 0.25) is 0 Å². The molecular formula is C18H20ClNO. The first kappa shape index (κ1) is 15.7. The summed E-state index contributed by atoms with van der Waals surface area (Å²) in [7, 11) is 0. The summed E-state index contributed by atoms with van der Waals surface area (Å²) in [5.74, 6) is 0.715. The van der Waals surface area contributed by atoms with E-state index >= 15 is 0 Å². The van der Waals surface area contributed by atoms with Crippen molar-refractivity contribution >= 4 is 17.4 Å². The smallest absolute Gasteiger partial charge is 0.164 e. The van der Waals surface area contributed by atoms with Gasteiger partial charge in [-0.15, -0.1) is 11.6 Å². The van der Waals surface area contributed by atoms with E-state index in [1.807, 2.05) is 24.4 Å². The fraction of sp³-hybridized carbons (Fsp3) is 0.333. The average molecular weight is 302 g/mol. The second-order valence-electron chi connectivity index (χ2n) is 5.24. The number of pyridine rings is 1. The van der Waals surface area contributed by atoms with Gasteiger partial charge in [-0.1, -0.05) is 37.6 Å². The second kappa shape index (κ2) is 7.94. The molecule has 2 rings (SSSR count). The largest absolute Gasteiger partial charge is 0.294 e. The molecule has 2 aromatic rings. The minimum atomic E-state index is 0.184. The molecule has 0 unspecified atom stereocenters. The van der Waals surface area contributed by atoms with Crippen molar-refractivity contribution in [1.82, 2.24) is 4.98 Å². The van der Waals surface area contributed by atoms with E-state index in [0.717, 1.165) is 36.0 Å². The van der Waals surface area contributed by atoms with Crippen LogP contribution in [0.15, 0.2) is 42.7 Å². The number of alkyl halides is 1. The number of benzene rings is 1. The van der Waals surface area contributed by atoms with Gasteiger partial charge in [-0.05, 0) is 35.6 Å². The molecule has 0 fully saturated rings. The number of halogens is 1. The van der Waals surface area contributed by atoms with E-state index in [1.54, 1.807) is 6.20 Å². The molecule has 0 aliphatic heterocycles.